The molecular weight excluding hydrogens is 429 g/mol. The largest absolute Gasteiger partial charge is 0.472 e. The van der Waals surface area contributed by atoms with Crippen LogP contribution >= 0.6 is 7.82 Å². The summed E-state index contributed by atoms with van der Waals surface area (Å²) in [5, 5.41) is 0. The number of rotatable bonds is 8. The normalized spacial score (nSPS) is 11.1. The fourth-order valence-corrected chi connectivity index (χ4v) is 1.48. The maximum atomic E-state index is 11.1. The second kappa shape index (κ2) is 10.7. The Morgan fingerprint density at radius 1 is 1.07 bits per heavy atom. The molecule has 0 spiro atoms. The van der Waals surface area contributed by atoms with Crippen LogP contribution in [0.1, 0.15) is 39.5 Å². The molecule has 84 valence electrons. The summed E-state index contributed by atoms with van der Waals surface area (Å²) in [4.78, 5) is 9.08. The van der Waals surface area contributed by atoms with Crippen LogP contribution in [-0.2, 0) is 13.6 Å². The molecule has 0 aliphatic carbocycles. The van der Waals surface area contributed by atoms with Crippen molar-refractivity contribution >= 4 is 7.82 Å². The van der Waals surface area contributed by atoms with Gasteiger partial charge in [-0.1, -0.05) is 26.7 Å². The van der Waals surface area contributed by atoms with Gasteiger partial charge in [-0.15, -0.1) is 0 Å². The Bertz CT molecular complexity index is 151. The first-order valence-electron chi connectivity index (χ1n) is 4.74. The maximum Gasteiger partial charge on any atom is 0.472 e. The molecule has 0 saturated heterocycles. The molecule has 0 fully saturated rings. The molecule has 0 rings (SSSR count). The molecule has 0 aromatic rings. The minimum Gasteiger partial charge on any atom is -0.302 e. The summed E-state index contributed by atoms with van der Waals surface area (Å²) in [5.41, 5.74) is 0. The Morgan fingerprint density at radius 3 is 1.71 bits per heavy atom. The van der Waals surface area contributed by atoms with Gasteiger partial charge >= 0.3 is 7.82 Å². The van der Waals surface area contributed by atoms with Crippen LogP contribution in [0.4, 0.5) is 0 Å². The molecule has 0 unspecified atom stereocenters. The molecule has 0 bridgehead atoms. The minimum absolute atomic E-state index is 0. The number of unbranched alkanes of at least 4 members (excludes halogenated alkanes) is 2. The molecule has 0 aliphatic heterocycles. The van der Waals surface area contributed by atoms with E-state index in [0.717, 1.165) is 25.7 Å². The predicted octanol–water partition coefficient (Wildman–Crippen LogP) is 2.72. The third-order valence-corrected chi connectivity index (χ3v) is 2.52. The summed E-state index contributed by atoms with van der Waals surface area (Å²) < 4.78 is 20.5. The van der Waals surface area contributed by atoms with Gasteiger partial charge in [0.15, 0.2) is 0 Å². The van der Waals surface area contributed by atoms with Gasteiger partial charge in [-0.3, -0.25) is 9.05 Å². The molecule has 6 heteroatoms. The SMILES string of the molecule is CCCCOP(=O)(O)OCCCC.[U]. The predicted molar refractivity (Wildman–Crippen MR) is 51.5 cm³/mol. The number of phosphoric ester groups is 1. The number of hydrogen-bond donors (Lipinski definition) is 1. The van der Waals surface area contributed by atoms with Gasteiger partial charge in [-0.25, -0.2) is 4.57 Å². The van der Waals surface area contributed by atoms with Gasteiger partial charge in [0.25, 0.3) is 0 Å². The van der Waals surface area contributed by atoms with Gasteiger partial charge in [0.05, 0.1) is 13.2 Å². The Balaban J connectivity index is 0. The van der Waals surface area contributed by atoms with Crippen molar-refractivity contribution in [1.82, 2.24) is 0 Å². The van der Waals surface area contributed by atoms with E-state index in [-0.39, 0.29) is 44.3 Å². The van der Waals surface area contributed by atoms with Crippen molar-refractivity contribution in [2.24, 2.45) is 0 Å². The summed E-state index contributed by atoms with van der Waals surface area (Å²) in [6, 6.07) is 0. The molecule has 0 heterocycles. The Kier molecular flexibility index (Phi) is 13.4. The van der Waals surface area contributed by atoms with Crippen molar-refractivity contribution in [3.63, 3.8) is 0 Å². The van der Waals surface area contributed by atoms with E-state index in [1.807, 2.05) is 13.8 Å². The summed E-state index contributed by atoms with van der Waals surface area (Å²) in [7, 11) is -3.75. The van der Waals surface area contributed by atoms with Crippen LogP contribution in [0.25, 0.3) is 0 Å². The third-order valence-electron chi connectivity index (χ3n) is 1.50. The van der Waals surface area contributed by atoms with Crippen LogP contribution in [0.2, 0.25) is 0 Å². The minimum atomic E-state index is -3.75. The monoisotopic (exact) mass is 448 g/mol. The van der Waals surface area contributed by atoms with E-state index in [0.29, 0.717) is 0 Å². The fraction of sp³-hybridized carbons (Fsp3) is 1.00. The van der Waals surface area contributed by atoms with Crippen LogP contribution in [0.5, 0.6) is 0 Å². The summed E-state index contributed by atoms with van der Waals surface area (Å²) in [6.07, 6.45) is 3.44. The molecule has 4 nitrogen and oxygen atoms in total. The van der Waals surface area contributed by atoms with Gasteiger partial charge in [-0.05, 0) is 12.8 Å². The molecule has 0 radical (unpaired) electrons. The topological polar surface area (TPSA) is 55.8 Å². The van der Waals surface area contributed by atoms with Crippen molar-refractivity contribution in [2.45, 2.75) is 39.5 Å². The zero-order valence-corrected chi connectivity index (χ0v) is 13.9. The zero-order valence-electron chi connectivity index (χ0n) is 8.86. The van der Waals surface area contributed by atoms with Crippen molar-refractivity contribution < 1.29 is 49.6 Å². The molecule has 0 saturated carbocycles. The summed E-state index contributed by atoms with van der Waals surface area (Å²) in [6.45, 7) is 4.56. The van der Waals surface area contributed by atoms with Crippen LogP contribution in [0.15, 0.2) is 0 Å². The van der Waals surface area contributed by atoms with Crippen molar-refractivity contribution in [1.29, 1.82) is 0 Å². The standard InChI is InChI=1S/C8H19O4P.U/c1-3-5-7-11-13(9,10)12-8-6-4-2;/h3-8H2,1-2H3,(H,9,10);. The molecule has 0 aromatic carbocycles. The van der Waals surface area contributed by atoms with E-state index in [1.165, 1.54) is 0 Å². The maximum absolute atomic E-state index is 11.1. The average molecular weight is 448 g/mol. The van der Waals surface area contributed by atoms with Crippen molar-refractivity contribution in [2.75, 3.05) is 13.2 Å². The smallest absolute Gasteiger partial charge is 0.302 e. The Labute approximate surface area is 110 Å². The third kappa shape index (κ3) is 11.2. The Morgan fingerprint density at radius 2 is 1.43 bits per heavy atom. The van der Waals surface area contributed by atoms with Crippen LogP contribution in [-0.4, -0.2) is 18.1 Å². The molecule has 0 atom stereocenters. The van der Waals surface area contributed by atoms with E-state index >= 15 is 0 Å². The first-order chi connectivity index (χ1) is 6.12. The average Bonchev–Trinajstić information content (AvgIpc) is 2.05. The zero-order chi connectivity index (χ0) is 10.2. The van der Waals surface area contributed by atoms with Crippen LogP contribution in [0.3, 0.4) is 0 Å². The van der Waals surface area contributed by atoms with Crippen LogP contribution < -0.4 is 0 Å². The van der Waals surface area contributed by atoms with Gasteiger partial charge in [0.1, 0.15) is 0 Å². The molecule has 0 amide bonds. The van der Waals surface area contributed by atoms with Gasteiger partial charge in [-0.2, -0.15) is 0 Å². The first-order valence-corrected chi connectivity index (χ1v) is 6.23. The quantitative estimate of drug-likeness (QED) is 0.459. The van der Waals surface area contributed by atoms with E-state index in [4.69, 9.17) is 13.9 Å². The molecular formula is C8H19O4PU. The van der Waals surface area contributed by atoms with Crippen molar-refractivity contribution in [3.8, 4) is 0 Å². The van der Waals surface area contributed by atoms with E-state index in [2.05, 4.69) is 0 Å². The second-order valence-corrected chi connectivity index (χ2v) is 4.30. The summed E-state index contributed by atoms with van der Waals surface area (Å²) in [5.74, 6) is 0. The fourth-order valence-electron chi connectivity index (χ4n) is 0.686. The van der Waals surface area contributed by atoms with Gasteiger partial charge in [0, 0.05) is 31.1 Å². The van der Waals surface area contributed by atoms with Crippen LogP contribution in [0, 0.1) is 31.1 Å². The molecule has 0 aromatic heterocycles. The van der Waals surface area contributed by atoms with E-state index in [9.17, 15) is 4.57 Å². The first kappa shape index (κ1) is 17.6. The summed E-state index contributed by atoms with van der Waals surface area (Å²) >= 11 is 0. The van der Waals surface area contributed by atoms with Crippen molar-refractivity contribution in [3.05, 3.63) is 0 Å². The van der Waals surface area contributed by atoms with E-state index in [1.54, 1.807) is 0 Å². The van der Waals surface area contributed by atoms with Gasteiger partial charge < -0.3 is 4.89 Å². The molecule has 0 aliphatic rings. The number of hydrogen-bond acceptors (Lipinski definition) is 3. The second-order valence-electron chi connectivity index (χ2n) is 2.84. The number of phosphoric acid groups is 1. The van der Waals surface area contributed by atoms with E-state index < -0.39 is 7.82 Å². The molecule has 14 heavy (non-hydrogen) atoms. The Hall–Kier alpha value is 1.16. The van der Waals surface area contributed by atoms with Gasteiger partial charge in [0.2, 0.25) is 0 Å². The molecule has 1 N–H and O–H groups in total.